The molecule has 2 aromatic rings. The van der Waals surface area contributed by atoms with Crippen LogP contribution in [0.15, 0.2) is 23.3 Å². The van der Waals surface area contributed by atoms with Gasteiger partial charge in [-0.05, 0) is 6.07 Å². The molecule has 0 amide bonds. The van der Waals surface area contributed by atoms with E-state index in [1.807, 2.05) is 0 Å². The lowest BCUT2D eigenvalue weighted by Crippen LogP contribution is -2.19. The van der Waals surface area contributed by atoms with Crippen molar-refractivity contribution in [1.29, 1.82) is 0 Å². The number of rotatable bonds is 1. The number of carboxylic acid groups (broad SMARTS) is 1. The summed E-state index contributed by atoms with van der Waals surface area (Å²) < 4.78 is 33.0. The molecule has 3 rings (SSSR count). The third-order valence-electron chi connectivity index (χ3n) is 2.80. The molecule has 0 fully saturated rings. The number of carbonyl (C=O) groups is 1. The minimum absolute atomic E-state index is 0.00333. The fourth-order valence-electron chi connectivity index (χ4n) is 1.97. The molecule has 0 unspecified atom stereocenters. The zero-order valence-electron chi connectivity index (χ0n) is 9.18. The molecule has 0 aliphatic carbocycles. The number of aromatic carboxylic acids is 1. The molecule has 1 aliphatic heterocycles. The molecule has 2 heterocycles. The normalized spacial score (nSPS) is 12.5. The number of hydrogen-bond acceptors (Lipinski definition) is 3. The maximum Gasteiger partial charge on any atom is 0.341 e. The zero-order valence-corrected chi connectivity index (χ0v) is 9.18. The van der Waals surface area contributed by atoms with Crippen molar-refractivity contribution in [2.75, 3.05) is 0 Å². The molecule has 1 aromatic carbocycles. The monoisotopic (exact) mass is 265 g/mol. The Kier molecular flexibility index (Phi) is 2.19. The summed E-state index contributed by atoms with van der Waals surface area (Å²) in [5, 5.41) is 8.67. The number of ether oxygens (including phenoxy) is 1. The van der Waals surface area contributed by atoms with Crippen LogP contribution in [0.5, 0.6) is 5.75 Å². The number of benzene rings is 1. The first kappa shape index (κ1) is 11.4. The molecule has 0 bridgehead atoms. The smallest absolute Gasteiger partial charge is 0.341 e. The van der Waals surface area contributed by atoms with Gasteiger partial charge >= 0.3 is 5.97 Å². The minimum atomic E-state index is -1.44. The Morgan fingerprint density at radius 2 is 2.11 bits per heavy atom. The quantitative estimate of drug-likeness (QED) is 0.853. The molecular formula is C12H5F2NO4. The fourth-order valence-corrected chi connectivity index (χ4v) is 1.97. The molecule has 1 N–H and O–H groups in total. The Morgan fingerprint density at radius 1 is 1.37 bits per heavy atom. The largest absolute Gasteiger partial charge is 0.477 e. The van der Waals surface area contributed by atoms with E-state index in [4.69, 9.17) is 9.84 Å². The third kappa shape index (κ3) is 1.44. The number of carboxylic acids is 1. The Hall–Kier alpha value is -2.70. The predicted octanol–water partition coefficient (Wildman–Crippen LogP) is 1.80. The van der Waals surface area contributed by atoms with E-state index < -0.39 is 34.3 Å². The van der Waals surface area contributed by atoms with E-state index >= 15 is 0 Å². The van der Waals surface area contributed by atoms with Crippen LogP contribution in [0.25, 0.3) is 17.1 Å². The van der Waals surface area contributed by atoms with Crippen LogP contribution in [0.1, 0.15) is 10.4 Å². The molecule has 5 nitrogen and oxygen atoms in total. The molecule has 19 heavy (non-hydrogen) atoms. The number of halogens is 2. The molecule has 96 valence electrons. The van der Waals surface area contributed by atoms with E-state index in [9.17, 15) is 18.4 Å². The first-order valence-corrected chi connectivity index (χ1v) is 5.14. The number of nitrogens with zero attached hydrogens (tertiary/aromatic N) is 1. The highest BCUT2D eigenvalue weighted by atomic mass is 19.2. The molecule has 0 radical (unpaired) electrons. The third-order valence-corrected chi connectivity index (χ3v) is 2.80. The van der Waals surface area contributed by atoms with Gasteiger partial charge in [0.1, 0.15) is 17.3 Å². The van der Waals surface area contributed by atoms with Gasteiger partial charge in [0.05, 0.1) is 5.39 Å². The molecule has 7 heteroatoms. The maximum absolute atomic E-state index is 13.6. The average Bonchev–Trinajstić information content (AvgIpc) is 2.38. The van der Waals surface area contributed by atoms with Gasteiger partial charge in [0.15, 0.2) is 11.6 Å². The van der Waals surface area contributed by atoms with Gasteiger partial charge in [0.2, 0.25) is 11.2 Å². The minimum Gasteiger partial charge on any atom is -0.477 e. The SMILES string of the molecule is O=C(O)c1cn2c3c(c(F)c(F)cc3c1=O)OC=C2. The highest BCUT2D eigenvalue weighted by Crippen LogP contribution is 2.32. The average molecular weight is 265 g/mol. The van der Waals surface area contributed by atoms with Crippen molar-refractivity contribution in [2.45, 2.75) is 0 Å². The van der Waals surface area contributed by atoms with Gasteiger partial charge in [-0.25, -0.2) is 9.18 Å². The summed E-state index contributed by atoms with van der Waals surface area (Å²) in [5.41, 5.74) is -1.43. The lowest BCUT2D eigenvalue weighted by atomic mass is 10.1. The Bertz CT molecular complexity index is 823. The topological polar surface area (TPSA) is 68.5 Å². The van der Waals surface area contributed by atoms with E-state index in [1.165, 1.54) is 10.8 Å². The Morgan fingerprint density at radius 3 is 2.79 bits per heavy atom. The van der Waals surface area contributed by atoms with Crippen LogP contribution < -0.4 is 10.2 Å². The molecule has 1 aliphatic rings. The van der Waals surface area contributed by atoms with E-state index in [-0.39, 0.29) is 10.9 Å². The van der Waals surface area contributed by atoms with Gasteiger partial charge < -0.3 is 14.4 Å². The number of aromatic nitrogens is 1. The van der Waals surface area contributed by atoms with Crippen molar-refractivity contribution in [3.63, 3.8) is 0 Å². The van der Waals surface area contributed by atoms with E-state index in [2.05, 4.69) is 0 Å². The van der Waals surface area contributed by atoms with Gasteiger partial charge in [-0.15, -0.1) is 0 Å². The van der Waals surface area contributed by atoms with E-state index in [0.717, 1.165) is 12.5 Å². The van der Waals surface area contributed by atoms with Crippen LogP contribution in [0.3, 0.4) is 0 Å². The van der Waals surface area contributed by atoms with Crippen LogP contribution in [0, 0.1) is 11.6 Å². The second-order valence-electron chi connectivity index (χ2n) is 3.88. The lowest BCUT2D eigenvalue weighted by Gasteiger charge is -2.16. The summed E-state index contributed by atoms with van der Waals surface area (Å²) in [6, 6.07) is 0.669. The summed E-state index contributed by atoms with van der Waals surface area (Å²) in [7, 11) is 0. The first-order chi connectivity index (χ1) is 9.00. The molecule has 0 spiro atoms. The van der Waals surface area contributed by atoms with Crippen molar-refractivity contribution in [3.05, 3.63) is 45.9 Å². The lowest BCUT2D eigenvalue weighted by molar-refractivity contribution is 0.0695. The standard InChI is InChI=1S/C12H5F2NO4/c13-7-3-5-9-11(8(7)14)19-2-1-15(9)4-6(10(5)16)12(17)18/h1-4H,(H,17,18). The van der Waals surface area contributed by atoms with Crippen molar-refractivity contribution < 1.29 is 23.4 Å². The molecular weight excluding hydrogens is 260 g/mol. The van der Waals surface area contributed by atoms with Gasteiger partial charge in [-0.1, -0.05) is 0 Å². The van der Waals surface area contributed by atoms with Crippen molar-refractivity contribution >= 4 is 23.1 Å². The number of pyridine rings is 1. The van der Waals surface area contributed by atoms with Gasteiger partial charge in [0, 0.05) is 12.4 Å². The Balaban J connectivity index is 2.59. The highest BCUT2D eigenvalue weighted by molar-refractivity contribution is 5.95. The predicted molar refractivity (Wildman–Crippen MR) is 61.0 cm³/mol. The fraction of sp³-hybridized carbons (Fsp3) is 0. The van der Waals surface area contributed by atoms with Crippen LogP contribution in [-0.2, 0) is 0 Å². The number of hydrogen-bond donors (Lipinski definition) is 1. The second-order valence-corrected chi connectivity index (χ2v) is 3.88. The summed E-state index contributed by atoms with van der Waals surface area (Å²) in [4.78, 5) is 22.9. The zero-order chi connectivity index (χ0) is 13.7. The van der Waals surface area contributed by atoms with Gasteiger partial charge in [-0.2, -0.15) is 4.39 Å². The molecule has 0 saturated carbocycles. The van der Waals surface area contributed by atoms with Gasteiger partial charge in [-0.3, -0.25) is 4.79 Å². The summed E-state index contributed by atoms with van der Waals surface area (Å²) in [6.07, 6.45) is 3.41. The van der Waals surface area contributed by atoms with Gasteiger partial charge in [0.25, 0.3) is 0 Å². The van der Waals surface area contributed by atoms with Crippen LogP contribution in [0.4, 0.5) is 8.78 Å². The van der Waals surface area contributed by atoms with Crippen LogP contribution in [-0.4, -0.2) is 15.6 Å². The van der Waals surface area contributed by atoms with Crippen molar-refractivity contribution in [3.8, 4) is 5.75 Å². The van der Waals surface area contributed by atoms with Crippen molar-refractivity contribution in [1.82, 2.24) is 4.57 Å². The molecule has 1 aromatic heterocycles. The van der Waals surface area contributed by atoms with Crippen LogP contribution >= 0.6 is 0 Å². The van der Waals surface area contributed by atoms with Crippen molar-refractivity contribution in [2.24, 2.45) is 0 Å². The summed E-state index contributed by atoms with van der Waals surface area (Å²) in [6.45, 7) is 0. The molecule has 0 atom stereocenters. The molecule has 0 saturated heterocycles. The summed E-state index contributed by atoms with van der Waals surface area (Å²) in [5.74, 6) is -4.38. The Labute approximate surface area is 104 Å². The summed E-state index contributed by atoms with van der Waals surface area (Å²) >= 11 is 0. The maximum atomic E-state index is 13.6. The van der Waals surface area contributed by atoms with E-state index in [1.54, 1.807) is 0 Å². The highest BCUT2D eigenvalue weighted by Gasteiger charge is 2.23. The van der Waals surface area contributed by atoms with Crippen LogP contribution in [0.2, 0.25) is 0 Å². The van der Waals surface area contributed by atoms with E-state index in [0.29, 0.717) is 6.07 Å². The second kappa shape index (κ2) is 3.64. The first-order valence-electron chi connectivity index (χ1n) is 5.14.